The topological polar surface area (TPSA) is 179 Å². The molecule has 15 heavy (non-hydrogen) atoms. The van der Waals surface area contributed by atoms with E-state index in [1.807, 2.05) is 0 Å². The zero-order valence-corrected chi connectivity index (χ0v) is 8.31. The molecular formula is C4H10N4O6S. The summed E-state index contributed by atoms with van der Waals surface area (Å²) in [5, 5.41) is 6.71. The molecule has 1 heterocycles. The van der Waals surface area contributed by atoms with Crippen molar-refractivity contribution in [3.8, 4) is 5.88 Å². The number of hydrogen-bond donors (Lipinski definition) is 3. The molecular weight excluding hydrogens is 232 g/mol. The van der Waals surface area contributed by atoms with Gasteiger partial charge in [0.2, 0.25) is 16.2 Å². The Balaban J connectivity index is 0.000000336. The Kier molecular flexibility index (Phi) is 5.54. The van der Waals surface area contributed by atoms with Gasteiger partial charge in [-0.2, -0.15) is 0 Å². The first-order valence-electron chi connectivity index (χ1n) is 3.53. The van der Waals surface area contributed by atoms with Crippen molar-refractivity contribution in [2.45, 2.75) is 0 Å². The van der Waals surface area contributed by atoms with Gasteiger partial charge in [0.25, 0.3) is 5.88 Å². The zero-order chi connectivity index (χ0) is 11.9. The number of ether oxygens (including phenoxy) is 1. The number of rotatable bonds is 3. The minimum Gasteiger partial charge on any atom is -0.726 e. The molecule has 0 aliphatic rings. The largest absolute Gasteiger partial charge is 0.726 e. The summed E-state index contributed by atoms with van der Waals surface area (Å²) in [6.45, 7) is 1.13. The van der Waals surface area contributed by atoms with Crippen molar-refractivity contribution in [3.63, 3.8) is 0 Å². The molecule has 0 aromatic carbocycles. The van der Waals surface area contributed by atoms with Gasteiger partial charge in [-0.05, 0) is 10.3 Å². The second-order valence-electron chi connectivity index (χ2n) is 2.08. The predicted octanol–water partition coefficient (Wildman–Crippen LogP) is -2.72. The lowest BCUT2D eigenvalue weighted by Gasteiger charge is -1.94. The number of hydrogen-bond acceptors (Lipinski definition) is 8. The standard InChI is InChI=1S/C4H8N4O2.H2O4S/c5-1-2-9-4-3(6)7-10-8-4;1-5(2,3)4/h1-2,5H2,(H2,6,7);(H2,1,2,3,4). The molecule has 0 unspecified atom stereocenters. The molecule has 0 aliphatic carbocycles. The second-order valence-corrected chi connectivity index (χ2v) is 2.94. The lowest BCUT2D eigenvalue weighted by Crippen LogP contribution is -2.52. The summed E-state index contributed by atoms with van der Waals surface area (Å²) < 4.78 is 42.1. The van der Waals surface area contributed by atoms with Gasteiger partial charge in [-0.1, -0.05) is 0 Å². The van der Waals surface area contributed by atoms with Gasteiger partial charge < -0.3 is 20.8 Å². The molecule has 0 amide bonds. The number of quaternary nitrogens is 1. The van der Waals surface area contributed by atoms with Crippen molar-refractivity contribution >= 4 is 16.2 Å². The van der Waals surface area contributed by atoms with Gasteiger partial charge in [0.15, 0.2) is 0 Å². The molecule has 0 saturated heterocycles. The van der Waals surface area contributed by atoms with E-state index in [4.69, 9.17) is 28.0 Å². The summed E-state index contributed by atoms with van der Waals surface area (Å²) in [5.41, 5.74) is 8.84. The van der Waals surface area contributed by atoms with Crippen molar-refractivity contribution in [2.75, 3.05) is 18.9 Å². The third kappa shape index (κ3) is 8.89. The second kappa shape index (κ2) is 6.13. The summed E-state index contributed by atoms with van der Waals surface area (Å²) in [7, 11) is -4.92. The maximum atomic E-state index is 8.63. The van der Waals surface area contributed by atoms with Gasteiger partial charge >= 0.3 is 0 Å². The highest BCUT2D eigenvalue weighted by molar-refractivity contribution is 7.79. The third-order valence-corrected chi connectivity index (χ3v) is 0.865. The Bertz CT molecular complexity index is 366. The van der Waals surface area contributed by atoms with Crippen LogP contribution in [0.5, 0.6) is 5.88 Å². The van der Waals surface area contributed by atoms with E-state index in [-0.39, 0.29) is 11.7 Å². The van der Waals surface area contributed by atoms with Crippen molar-refractivity contribution in [2.24, 2.45) is 0 Å². The van der Waals surface area contributed by atoms with Crippen LogP contribution in [0.1, 0.15) is 0 Å². The van der Waals surface area contributed by atoms with Crippen LogP contribution >= 0.6 is 0 Å². The van der Waals surface area contributed by atoms with Crippen LogP contribution in [0.4, 0.5) is 5.82 Å². The molecule has 88 valence electrons. The fourth-order valence-corrected chi connectivity index (χ4v) is 0.456. The van der Waals surface area contributed by atoms with Gasteiger partial charge in [-0.3, -0.25) is 4.55 Å². The van der Waals surface area contributed by atoms with Crippen LogP contribution in [0.15, 0.2) is 4.63 Å². The molecule has 0 radical (unpaired) electrons. The van der Waals surface area contributed by atoms with Crippen molar-refractivity contribution in [1.29, 1.82) is 0 Å². The Labute approximate surface area is 84.7 Å². The molecule has 0 saturated carbocycles. The summed E-state index contributed by atoms with van der Waals surface area (Å²) in [6.07, 6.45) is 0. The smallest absolute Gasteiger partial charge is 0.300 e. The number of nitrogens with zero attached hydrogens (tertiary/aromatic N) is 2. The van der Waals surface area contributed by atoms with E-state index in [0.717, 1.165) is 0 Å². The quantitative estimate of drug-likeness (QED) is 0.374. The van der Waals surface area contributed by atoms with Crippen molar-refractivity contribution < 1.29 is 32.6 Å². The lowest BCUT2D eigenvalue weighted by atomic mass is 10.7. The molecule has 0 bridgehead atoms. The Morgan fingerprint density at radius 1 is 1.60 bits per heavy atom. The van der Waals surface area contributed by atoms with Crippen LogP contribution in [-0.2, 0) is 10.4 Å². The average Bonchev–Trinajstić information content (AvgIpc) is 2.45. The van der Waals surface area contributed by atoms with Gasteiger partial charge in [0.1, 0.15) is 13.2 Å². The molecule has 0 fully saturated rings. The van der Waals surface area contributed by atoms with E-state index in [0.29, 0.717) is 13.2 Å². The van der Waals surface area contributed by atoms with Crippen molar-refractivity contribution in [1.82, 2.24) is 10.3 Å². The normalized spacial score (nSPS) is 10.3. The summed E-state index contributed by atoms with van der Waals surface area (Å²) in [4.78, 5) is 0. The van der Waals surface area contributed by atoms with Crippen LogP contribution in [0.2, 0.25) is 0 Å². The molecule has 0 aliphatic heterocycles. The number of anilines is 1. The number of aromatic nitrogens is 2. The molecule has 6 N–H and O–H groups in total. The zero-order valence-electron chi connectivity index (χ0n) is 7.49. The van der Waals surface area contributed by atoms with E-state index in [1.165, 1.54) is 0 Å². The fraction of sp³-hybridized carbons (Fsp3) is 0.500. The van der Waals surface area contributed by atoms with E-state index in [1.54, 1.807) is 0 Å². The van der Waals surface area contributed by atoms with Gasteiger partial charge in [0, 0.05) is 0 Å². The Morgan fingerprint density at radius 2 is 2.13 bits per heavy atom. The van der Waals surface area contributed by atoms with Crippen molar-refractivity contribution in [3.05, 3.63) is 0 Å². The highest BCUT2D eigenvalue weighted by Crippen LogP contribution is 2.12. The van der Waals surface area contributed by atoms with Crippen LogP contribution < -0.4 is 16.2 Å². The first kappa shape index (κ1) is 13.6. The van der Waals surface area contributed by atoms with E-state index >= 15 is 0 Å². The maximum Gasteiger partial charge on any atom is 0.300 e. The molecule has 0 spiro atoms. The first-order chi connectivity index (χ1) is 6.84. The van der Waals surface area contributed by atoms with Crippen LogP contribution in [0.3, 0.4) is 0 Å². The fourth-order valence-electron chi connectivity index (χ4n) is 0.456. The average molecular weight is 242 g/mol. The van der Waals surface area contributed by atoms with Gasteiger partial charge in [0.05, 0.1) is 0 Å². The van der Waals surface area contributed by atoms with Crippen LogP contribution in [0.25, 0.3) is 0 Å². The summed E-state index contributed by atoms with van der Waals surface area (Å²) in [6, 6.07) is 0. The lowest BCUT2D eigenvalue weighted by molar-refractivity contribution is -0.371. The molecule has 10 nitrogen and oxygen atoms in total. The molecule has 1 aromatic heterocycles. The minimum atomic E-state index is -4.92. The van der Waals surface area contributed by atoms with Crippen LogP contribution in [-0.4, -0.2) is 41.0 Å². The first-order valence-corrected chi connectivity index (χ1v) is 4.89. The maximum absolute atomic E-state index is 8.63. The van der Waals surface area contributed by atoms with E-state index in [2.05, 4.69) is 20.7 Å². The minimum absolute atomic E-state index is 0.174. The summed E-state index contributed by atoms with van der Waals surface area (Å²) >= 11 is 0. The number of nitrogens with two attached hydrogens (primary N) is 1. The Morgan fingerprint density at radius 3 is 2.47 bits per heavy atom. The molecule has 11 heteroatoms. The molecule has 1 aromatic rings. The number of nitrogen functional groups attached to an aromatic ring is 1. The highest BCUT2D eigenvalue weighted by Gasteiger charge is 2.05. The van der Waals surface area contributed by atoms with Gasteiger partial charge in [-0.25, -0.2) is 13.0 Å². The third-order valence-electron chi connectivity index (χ3n) is 0.865. The highest BCUT2D eigenvalue weighted by atomic mass is 32.3. The molecule has 0 atom stereocenters. The monoisotopic (exact) mass is 242 g/mol. The SMILES string of the molecule is Nc1nonc1OCC[NH3+].O=S(=O)([O-])O. The summed E-state index contributed by atoms with van der Waals surface area (Å²) in [5.74, 6) is 0.414. The predicted molar refractivity (Wildman–Crippen MR) is 44.3 cm³/mol. The Hall–Kier alpha value is -1.43. The van der Waals surface area contributed by atoms with E-state index in [9.17, 15) is 0 Å². The van der Waals surface area contributed by atoms with Gasteiger partial charge in [-0.15, -0.1) is 0 Å². The van der Waals surface area contributed by atoms with E-state index < -0.39 is 10.4 Å². The van der Waals surface area contributed by atoms with Crippen LogP contribution in [0, 0.1) is 0 Å². The molecule has 1 rings (SSSR count).